The van der Waals surface area contributed by atoms with Crippen molar-refractivity contribution in [3.63, 3.8) is 0 Å². The number of rotatable bonds is 8. The maximum Gasteiger partial charge on any atom is 0.312 e. The van der Waals surface area contributed by atoms with Crippen LogP contribution in [0.3, 0.4) is 0 Å². The van der Waals surface area contributed by atoms with Gasteiger partial charge in [0, 0.05) is 24.7 Å². The second-order valence-electron chi connectivity index (χ2n) is 5.30. The first-order chi connectivity index (χ1) is 12.7. The number of nitro groups is 1. The van der Waals surface area contributed by atoms with Gasteiger partial charge < -0.3 is 10.1 Å². The monoisotopic (exact) mass is 397 g/mol. The maximum absolute atomic E-state index is 13.1. The van der Waals surface area contributed by atoms with Crippen LogP contribution in [0.1, 0.15) is 6.42 Å². The molecule has 9 nitrogen and oxygen atoms in total. The summed E-state index contributed by atoms with van der Waals surface area (Å²) >= 11 is 0. The molecule has 0 unspecified atom stereocenters. The lowest BCUT2D eigenvalue weighted by molar-refractivity contribution is -0.386. The average molecular weight is 397 g/mol. The first-order valence-corrected chi connectivity index (χ1v) is 9.09. The molecule has 0 saturated heterocycles. The summed E-state index contributed by atoms with van der Waals surface area (Å²) in [6, 6.07) is 8.45. The van der Waals surface area contributed by atoms with Crippen molar-refractivity contribution in [3.05, 3.63) is 58.4 Å². The van der Waals surface area contributed by atoms with E-state index in [1.54, 1.807) is 0 Å². The van der Waals surface area contributed by atoms with Crippen LogP contribution in [0.4, 0.5) is 15.8 Å². The third-order valence-corrected chi connectivity index (χ3v) is 4.87. The quantitative estimate of drug-likeness (QED) is 0.518. The van der Waals surface area contributed by atoms with Crippen LogP contribution in [0, 0.1) is 15.9 Å². The Balaban J connectivity index is 1.99. The Hall–Kier alpha value is -3.05. The summed E-state index contributed by atoms with van der Waals surface area (Å²) in [7, 11) is -2.84. The zero-order valence-corrected chi connectivity index (χ0v) is 15.0. The number of nitrogens with zero attached hydrogens (tertiary/aromatic N) is 1. The number of nitro benzene ring substituents is 1. The Morgan fingerprint density at radius 1 is 1.26 bits per heavy atom. The Labute approximate surface area is 154 Å². The molecule has 0 saturated carbocycles. The van der Waals surface area contributed by atoms with E-state index in [2.05, 4.69) is 10.0 Å². The fourth-order valence-electron chi connectivity index (χ4n) is 2.15. The SMILES string of the molecule is COc1ccc(S(=O)(=O)NCCC(=O)Nc2cccc(F)c2)cc1[N+](=O)[O-]. The third-order valence-electron chi connectivity index (χ3n) is 3.41. The lowest BCUT2D eigenvalue weighted by atomic mass is 10.3. The number of benzene rings is 2. The van der Waals surface area contributed by atoms with E-state index in [1.807, 2.05) is 0 Å². The fourth-order valence-corrected chi connectivity index (χ4v) is 3.20. The number of nitrogens with one attached hydrogen (secondary N) is 2. The number of carbonyl (C=O) groups excluding carboxylic acids is 1. The van der Waals surface area contributed by atoms with Gasteiger partial charge in [0.2, 0.25) is 15.9 Å². The van der Waals surface area contributed by atoms with Gasteiger partial charge in [0.25, 0.3) is 0 Å². The smallest absolute Gasteiger partial charge is 0.312 e. The molecular weight excluding hydrogens is 381 g/mol. The number of halogens is 1. The van der Waals surface area contributed by atoms with Crippen molar-refractivity contribution in [3.8, 4) is 5.75 Å². The molecule has 0 atom stereocenters. The molecule has 2 N–H and O–H groups in total. The molecule has 2 rings (SSSR count). The molecule has 2 aromatic carbocycles. The van der Waals surface area contributed by atoms with Crippen LogP contribution in [-0.4, -0.2) is 32.9 Å². The number of hydrogen-bond acceptors (Lipinski definition) is 6. The van der Waals surface area contributed by atoms with Crippen LogP contribution < -0.4 is 14.8 Å². The van der Waals surface area contributed by atoms with Crippen LogP contribution in [0.25, 0.3) is 0 Å². The highest BCUT2D eigenvalue weighted by Gasteiger charge is 2.22. The number of amides is 1. The number of sulfonamides is 1. The summed E-state index contributed by atoms with van der Waals surface area (Å²) in [5.74, 6) is -1.12. The highest BCUT2D eigenvalue weighted by Crippen LogP contribution is 2.29. The number of methoxy groups -OCH3 is 1. The predicted octanol–water partition coefficient (Wildman–Crippen LogP) is 2.05. The average Bonchev–Trinajstić information content (AvgIpc) is 2.60. The summed E-state index contributed by atoms with van der Waals surface area (Å²) in [5.41, 5.74) is -0.252. The van der Waals surface area contributed by atoms with Gasteiger partial charge in [0.15, 0.2) is 5.75 Å². The van der Waals surface area contributed by atoms with Gasteiger partial charge in [-0.3, -0.25) is 14.9 Å². The molecule has 11 heteroatoms. The van der Waals surface area contributed by atoms with Gasteiger partial charge in [0.1, 0.15) is 5.82 Å². The highest BCUT2D eigenvalue weighted by atomic mass is 32.2. The lowest BCUT2D eigenvalue weighted by Crippen LogP contribution is -2.28. The minimum Gasteiger partial charge on any atom is -0.490 e. The highest BCUT2D eigenvalue weighted by molar-refractivity contribution is 7.89. The first-order valence-electron chi connectivity index (χ1n) is 7.60. The summed E-state index contributed by atoms with van der Waals surface area (Å²) in [6.07, 6.45) is -0.214. The molecule has 0 fully saturated rings. The molecule has 0 aliphatic carbocycles. The topological polar surface area (TPSA) is 128 Å². The largest absolute Gasteiger partial charge is 0.490 e. The molecule has 144 valence electrons. The van der Waals surface area contributed by atoms with E-state index in [0.29, 0.717) is 0 Å². The third kappa shape index (κ3) is 5.46. The van der Waals surface area contributed by atoms with Gasteiger partial charge >= 0.3 is 5.69 Å². The van der Waals surface area contributed by atoms with Crippen LogP contribution in [-0.2, 0) is 14.8 Å². The zero-order chi connectivity index (χ0) is 20.0. The molecule has 0 aromatic heterocycles. The molecule has 2 aromatic rings. The molecule has 0 bridgehead atoms. The van der Waals surface area contributed by atoms with Gasteiger partial charge in [-0.05, 0) is 30.3 Å². The minimum atomic E-state index is -4.07. The van der Waals surface area contributed by atoms with Gasteiger partial charge in [-0.2, -0.15) is 0 Å². The Bertz CT molecular complexity index is 964. The second-order valence-corrected chi connectivity index (χ2v) is 7.06. The van der Waals surface area contributed by atoms with Crippen molar-refractivity contribution in [2.45, 2.75) is 11.3 Å². The number of ether oxygens (including phenoxy) is 1. The number of hydrogen-bond donors (Lipinski definition) is 2. The lowest BCUT2D eigenvalue weighted by Gasteiger charge is -2.09. The van der Waals surface area contributed by atoms with E-state index in [0.717, 1.165) is 18.2 Å². The molecule has 0 aliphatic rings. The van der Waals surface area contributed by atoms with Crippen LogP contribution in [0.2, 0.25) is 0 Å². The van der Waals surface area contributed by atoms with Crippen molar-refractivity contribution >= 4 is 27.3 Å². The van der Waals surface area contributed by atoms with Crippen molar-refractivity contribution < 1.29 is 27.3 Å². The number of anilines is 1. The van der Waals surface area contributed by atoms with Gasteiger partial charge in [-0.15, -0.1) is 0 Å². The van der Waals surface area contributed by atoms with Gasteiger partial charge in [-0.25, -0.2) is 17.5 Å². The second kappa shape index (κ2) is 8.56. The van der Waals surface area contributed by atoms with E-state index >= 15 is 0 Å². The van der Waals surface area contributed by atoms with Gasteiger partial charge in [-0.1, -0.05) is 6.07 Å². The van der Waals surface area contributed by atoms with Crippen LogP contribution >= 0.6 is 0 Å². The van der Waals surface area contributed by atoms with Crippen molar-refractivity contribution in [1.29, 1.82) is 0 Å². The molecular formula is C16H16FN3O6S. The summed E-state index contributed by atoms with van der Waals surface area (Å²) in [6.45, 7) is -0.247. The van der Waals surface area contributed by atoms with E-state index in [4.69, 9.17) is 4.74 Å². The maximum atomic E-state index is 13.1. The molecule has 1 amide bonds. The van der Waals surface area contributed by atoms with Gasteiger partial charge in [0.05, 0.1) is 16.9 Å². The summed E-state index contributed by atoms with van der Waals surface area (Å²) in [5, 5.41) is 13.4. The molecule has 0 heterocycles. The van der Waals surface area contributed by atoms with E-state index < -0.39 is 32.4 Å². The molecule has 0 aliphatic heterocycles. The summed E-state index contributed by atoms with van der Waals surface area (Å²) in [4.78, 5) is 21.7. The zero-order valence-electron chi connectivity index (χ0n) is 14.1. The molecule has 0 spiro atoms. The number of carbonyl (C=O) groups is 1. The first kappa shape index (κ1) is 20.3. The predicted molar refractivity (Wildman–Crippen MR) is 94.5 cm³/mol. The molecule has 0 radical (unpaired) electrons. The van der Waals surface area contributed by atoms with Crippen LogP contribution in [0.5, 0.6) is 5.75 Å². The van der Waals surface area contributed by atoms with E-state index in [1.165, 1.54) is 31.4 Å². The minimum absolute atomic E-state index is 0.0755. The fraction of sp³-hybridized carbons (Fsp3) is 0.188. The normalized spacial score (nSPS) is 11.0. The Morgan fingerprint density at radius 2 is 2.00 bits per heavy atom. The standard InChI is InChI=1S/C16H16FN3O6S/c1-26-15-6-5-13(10-14(15)20(22)23)27(24,25)18-8-7-16(21)19-12-4-2-3-11(17)9-12/h2-6,9-10,18H,7-8H2,1H3,(H,19,21). The van der Waals surface area contributed by atoms with Crippen molar-refractivity contribution in [2.24, 2.45) is 0 Å². The van der Waals surface area contributed by atoms with E-state index in [-0.39, 0.29) is 29.3 Å². The summed E-state index contributed by atoms with van der Waals surface area (Å²) < 4.78 is 44.5. The van der Waals surface area contributed by atoms with Crippen LogP contribution in [0.15, 0.2) is 47.4 Å². The van der Waals surface area contributed by atoms with Crippen molar-refractivity contribution in [2.75, 3.05) is 19.0 Å². The van der Waals surface area contributed by atoms with Crippen molar-refractivity contribution in [1.82, 2.24) is 4.72 Å². The Morgan fingerprint density at radius 3 is 2.63 bits per heavy atom. The van der Waals surface area contributed by atoms with E-state index in [9.17, 15) is 27.7 Å². The Kier molecular flexibility index (Phi) is 6.42. The molecule has 27 heavy (non-hydrogen) atoms.